The molecule has 10 heavy (non-hydrogen) atoms. The molecule has 0 bridgehead atoms. The van der Waals surface area contributed by atoms with Gasteiger partial charge in [-0.05, 0) is 12.8 Å². The van der Waals surface area contributed by atoms with Crippen LogP contribution in [0, 0.1) is 0 Å². The number of carboxylic acids is 1. The van der Waals surface area contributed by atoms with Crippen LogP contribution >= 0.6 is 0 Å². The number of carbonyl (C=O) groups is 1. The van der Waals surface area contributed by atoms with Gasteiger partial charge in [0.25, 0.3) is 0 Å². The first-order valence-electron chi connectivity index (χ1n) is 3.42. The van der Waals surface area contributed by atoms with Crippen LogP contribution in [0.5, 0.6) is 0 Å². The van der Waals surface area contributed by atoms with Crippen LogP contribution in [-0.4, -0.2) is 35.2 Å². The van der Waals surface area contributed by atoms with E-state index >= 15 is 0 Å². The van der Waals surface area contributed by atoms with Gasteiger partial charge in [-0.3, -0.25) is 9.69 Å². The van der Waals surface area contributed by atoms with Gasteiger partial charge in [0.2, 0.25) is 0 Å². The number of likely N-dealkylation sites (tertiary alicyclic amines) is 1. The summed E-state index contributed by atoms with van der Waals surface area (Å²) in [4.78, 5) is 12.3. The van der Waals surface area contributed by atoms with Crippen LogP contribution in [0.15, 0.2) is 0 Å². The van der Waals surface area contributed by atoms with Crippen LogP contribution in [0.4, 0.5) is 0 Å². The van der Waals surface area contributed by atoms with Crippen LogP contribution in [0.3, 0.4) is 0 Å². The molecular formula is C6H12N2O2. The number of nitrogens with zero attached hydrogens (tertiary/aromatic N) is 1. The van der Waals surface area contributed by atoms with Crippen LogP contribution in [0.2, 0.25) is 0 Å². The smallest absolute Gasteiger partial charge is 0.320 e. The normalized spacial score (nSPS) is 27.1. The lowest BCUT2D eigenvalue weighted by Gasteiger charge is -2.17. The van der Waals surface area contributed by atoms with E-state index in [0.29, 0.717) is 6.67 Å². The third-order valence-electron chi connectivity index (χ3n) is 1.88. The summed E-state index contributed by atoms with van der Waals surface area (Å²) in [6.07, 6.45) is 1.70. The second kappa shape index (κ2) is 2.98. The molecule has 0 aromatic heterocycles. The second-order valence-electron chi connectivity index (χ2n) is 2.49. The number of aliphatic carboxylic acids is 1. The maximum atomic E-state index is 10.5. The van der Waals surface area contributed by atoms with E-state index in [0.717, 1.165) is 19.4 Å². The molecule has 1 atom stereocenters. The fourth-order valence-corrected chi connectivity index (χ4v) is 1.32. The lowest BCUT2D eigenvalue weighted by molar-refractivity contribution is -0.142. The molecule has 1 aliphatic rings. The van der Waals surface area contributed by atoms with E-state index < -0.39 is 5.97 Å². The predicted octanol–water partition coefficient (Wildman–Crippen LogP) is -0.548. The van der Waals surface area contributed by atoms with E-state index in [1.54, 1.807) is 4.90 Å². The molecule has 4 nitrogen and oxygen atoms in total. The van der Waals surface area contributed by atoms with Crippen molar-refractivity contribution in [2.24, 2.45) is 5.73 Å². The zero-order chi connectivity index (χ0) is 7.56. The Kier molecular flexibility index (Phi) is 2.24. The molecule has 0 radical (unpaired) electrons. The van der Waals surface area contributed by atoms with Crippen molar-refractivity contribution in [1.82, 2.24) is 4.90 Å². The fraction of sp³-hybridized carbons (Fsp3) is 0.833. The van der Waals surface area contributed by atoms with Crippen molar-refractivity contribution in [1.29, 1.82) is 0 Å². The van der Waals surface area contributed by atoms with Gasteiger partial charge in [0, 0.05) is 13.2 Å². The molecule has 1 fully saturated rings. The number of nitrogens with two attached hydrogens (primary N) is 1. The molecule has 0 saturated carbocycles. The topological polar surface area (TPSA) is 66.6 Å². The van der Waals surface area contributed by atoms with Gasteiger partial charge in [-0.25, -0.2) is 0 Å². The summed E-state index contributed by atoms with van der Waals surface area (Å²) in [7, 11) is 0. The summed E-state index contributed by atoms with van der Waals surface area (Å²) in [6.45, 7) is 1.18. The van der Waals surface area contributed by atoms with Gasteiger partial charge < -0.3 is 10.8 Å². The minimum Gasteiger partial charge on any atom is -0.480 e. The van der Waals surface area contributed by atoms with E-state index in [4.69, 9.17) is 10.8 Å². The van der Waals surface area contributed by atoms with Crippen LogP contribution in [0.25, 0.3) is 0 Å². The Morgan fingerprint density at radius 3 is 2.90 bits per heavy atom. The zero-order valence-electron chi connectivity index (χ0n) is 5.79. The van der Waals surface area contributed by atoms with Crippen LogP contribution < -0.4 is 5.73 Å². The van der Waals surface area contributed by atoms with E-state index in [2.05, 4.69) is 0 Å². The van der Waals surface area contributed by atoms with Gasteiger partial charge in [0.1, 0.15) is 6.04 Å². The highest BCUT2D eigenvalue weighted by atomic mass is 16.4. The Morgan fingerprint density at radius 1 is 1.80 bits per heavy atom. The third-order valence-corrected chi connectivity index (χ3v) is 1.88. The molecular weight excluding hydrogens is 132 g/mol. The number of hydrogen-bond donors (Lipinski definition) is 2. The molecule has 0 aliphatic carbocycles. The van der Waals surface area contributed by atoms with Gasteiger partial charge in [0.15, 0.2) is 0 Å². The summed E-state index contributed by atoms with van der Waals surface area (Å²) in [5.41, 5.74) is 5.32. The Balaban J connectivity index is 2.50. The van der Waals surface area contributed by atoms with Gasteiger partial charge in [-0.1, -0.05) is 0 Å². The summed E-state index contributed by atoms with van der Waals surface area (Å²) in [6, 6.07) is -0.329. The summed E-state index contributed by atoms with van der Waals surface area (Å²) in [5, 5.41) is 8.62. The van der Waals surface area contributed by atoms with Crippen molar-refractivity contribution < 1.29 is 9.90 Å². The molecule has 4 heteroatoms. The molecule has 1 saturated heterocycles. The summed E-state index contributed by atoms with van der Waals surface area (Å²) in [5.74, 6) is -0.747. The lowest BCUT2D eigenvalue weighted by atomic mass is 10.2. The quantitative estimate of drug-likeness (QED) is 0.545. The van der Waals surface area contributed by atoms with Crippen molar-refractivity contribution in [2.75, 3.05) is 13.2 Å². The van der Waals surface area contributed by atoms with Crippen LogP contribution in [0.1, 0.15) is 12.8 Å². The Morgan fingerprint density at radius 2 is 2.50 bits per heavy atom. The maximum absolute atomic E-state index is 10.5. The highest BCUT2D eigenvalue weighted by Crippen LogP contribution is 2.15. The SMILES string of the molecule is NCN1CCCC1C(=O)O. The lowest BCUT2D eigenvalue weighted by Crippen LogP contribution is -2.39. The molecule has 58 valence electrons. The van der Waals surface area contributed by atoms with E-state index in [1.165, 1.54) is 0 Å². The van der Waals surface area contributed by atoms with Crippen molar-refractivity contribution in [3.8, 4) is 0 Å². The first-order chi connectivity index (χ1) is 4.75. The molecule has 3 N–H and O–H groups in total. The van der Waals surface area contributed by atoms with Crippen molar-refractivity contribution in [3.05, 3.63) is 0 Å². The molecule has 0 aromatic carbocycles. The number of hydrogen-bond acceptors (Lipinski definition) is 3. The molecule has 0 amide bonds. The van der Waals surface area contributed by atoms with Gasteiger partial charge in [-0.15, -0.1) is 0 Å². The minimum absolute atomic E-state index is 0.329. The average Bonchev–Trinajstić information content (AvgIpc) is 2.33. The fourth-order valence-electron chi connectivity index (χ4n) is 1.32. The number of carboxylic acid groups (broad SMARTS) is 1. The molecule has 0 spiro atoms. The van der Waals surface area contributed by atoms with Crippen molar-refractivity contribution in [2.45, 2.75) is 18.9 Å². The molecule has 1 rings (SSSR count). The monoisotopic (exact) mass is 144 g/mol. The molecule has 1 unspecified atom stereocenters. The standard InChI is InChI=1S/C6H12N2O2/c7-4-8-3-1-2-5(8)6(9)10/h5H,1-4,7H2,(H,9,10). The average molecular weight is 144 g/mol. The highest BCUT2D eigenvalue weighted by Gasteiger charge is 2.28. The van der Waals surface area contributed by atoms with Crippen molar-refractivity contribution >= 4 is 5.97 Å². The summed E-state index contributed by atoms with van der Waals surface area (Å²) >= 11 is 0. The Hall–Kier alpha value is -0.610. The second-order valence-corrected chi connectivity index (χ2v) is 2.49. The zero-order valence-corrected chi connectivity index (χ0v) is 5.79. The molecule has 0 aromatic rings. The first-order valence-corrected chi connectivity index (χ1v) is 3.42. The maximum Gasteiger partial charge on any atom is 0.320 e. The van der Waals surface area contributed by atoms with Gasteiger partial charge in [-0.2, -0.15) is 0 Å². The van der Waals surface area contributed by atoms with E-state index in [1.807, 2.05) is 0 Å². The largest absolute Gasteiger partial charge is 0.480 e. The Labute approximate surface area is 59.6 Å². The molecule has 1 aliphatic heterocycles. The van der Waals surface area contributed by atoms with Crippen LogP contribution in [-0.2, 0) is 4.79 Å². The van der Waals surface area contributed by atoms with E-state index in [9.17, 15) is 4.79 Å². The third kappa shape index (κ3) is 1.27. The highest BCUT2D eigenvalue weighted by molar-refractivity contribution is 5.73. The van der Waals surface area contributed by atoms with Crippen molar-refractivity contribution in [3.63, 3.8) is 0 Å². The Bertz CT molecular complexity index is 138. The summed E-state index contributed by atoms with van der Waals surface area (Å²) < 4.78 is 0. The first kappa shape index (κ1) is 7.50. The van der Waals surface area contributed by atoms with Gasteiger partial charge in [0.05, 0.1) is 0 Å². The minimum atomic E-state index is -0.747. The van der Waals surface area contributed by atoms with Gasteiger partial charge >= 0.3 is 5.97 Å². The number of rotatable bonds is 2. The molecule has 1 heterocycles. The van der Waals surface area contributed by atoms with E-state index in [-0.39, 0.29) is 6.04 Å². The predicted molar refractivity (Wildman–Crippen MR) is 36.4 cm³/mol.